The van der Waals surface area contributed by atoms with Crippen LogP contribution in [0.3, 0.4) is 0 Å². The molecule has 0 N–H and O–H groups in total. The lowest BCUT2D eigenvalue weighted by Crippen LogP contribution is -1.94. The van der Waals surface area contributed by atoms with Crippen molar-refractivity contribution in [3.63, 3.8) is 0 Å². The third-order valence-corrected chi connectivity index (χ3v) is 8.38. The van der Waals surface area contributed by atoms with Crippen LogP contribution >= 0.6 is 0 Å². The standard InChI is InChI=1S/C38H23N3/c1-3-13-32-28(9-1)29-10-2-4-14-33(29)38-37(32)39-23-34(40-38)25-18-17-24-19-20-27(22-26(24)21-25)41-35-15-7-5-11-30(35)31-12-6-8-16-36(31)41/h1-23H. The van der Waals surface area contributed by atoms with Crippen LogP contribution in [0.4, 0.5) is 0 Å². The van der Waals surface area contributed by atoms with Crippen LogP contribution in [0.5, 0.6) is 0 Å². The van der Waals surface area contributed by atoms with Crippen LogP contribution in [-0.2, 0) is 0 Å². The van der Waals surface area contributed by atoms with Crippen LogP contribution < -0.4 is 0 Å². The molecule has 0 fully saturated rings. The second-order valence-corrected chi connectivity index (χ2v) is 10.7. The molecule has 0 aliphatic rings. The SMILES string of the molecule is c1ccc2c(c1)c1ccccc1c1nc(-c3ccc4ccc(-n5c6ccccc6c6ccccc65)cc4c3)cnc21. The van der Waals surface area contributed by atoms with Crippen LogP contribution in [-0.4, -0.2) is 14.5 Å². The lowest BCUT2D eigenvalue weighted by atomic mass is 9.99. The molecule has 3 heteroatoms. The van der Waals surface area contributed by atoms with E-state index < -0.39 is 0 Å². The smallest absolute Gasteiger partial charge is 0.0979 e. The van der Waals surface area contributed by atoms with Gasteiger partial charge in [-0.25, -0.2) is 4.98 Å². The van der Waals surface area contributed by atoms with Crippen molar-refractivity contribution < 1.29 is 0 Å². The summed E-state index contributed by atoms with van der Waals surface area (Å²) in [6, 6.07) is 47.6. The highest BCUT2D eigenvalue weighted by molar-refractivity contribution is 6.23. The molecule has 3 nitrogen and oxygen atoms in total. The van der Waals surface area contributed by atoms with Gasteiger partial charge in [0, 0.05) is 32.8 Å². The zero-order chi connectivity index (χ0) is 26.9. The Morgan fingerprint density at radius 3 is 1.68 bits per heavy atom. The van der Waals surface area contributed by atoms with E-state index in [4.69, 9.17) is 9.97 Å². The van der Waals surface area contributed by atoms with Crippen molar-refractivity contribution in [2.45, 2.75) is 0 Å². The van der Waals surface area contributed by atoms with Crippen LogP contribution in [0.2, 0.25) is 0 Å². The van der Waals surface area contributed by atoms with E-state index in [1.165, 1.54) is 43.4 Å². The lowest BCUT2D eigenvalue weighted by molar-refractivity contribution is 1.19. The molecule has 2 heterocycles. The molecule has 0 amide bonds. The molecule has 0 saturated carbocycles. The van der Waals surface area contributed by atoms with Gasteiger partial charge in [0.05, 0.1) is 34.0 Å². The molecule has 41 heavy (non-hydrogen) atoms. The summed E-state index contributed by atoms with van der Waals surface area (Å²) in [4.78, 5) is 10.2. The molecule has 9 rings (SSSR count). The molecule has 0 bridgehead atoms. The van der Waals surface area contributed by atoms with Crippen molar-refractivity contribution in [1.82, 2.24) is 14.5 Å². The zero-order valence-corrected chi connectivity index (χ0v) is 22.1. The summed E-state index contributed by atoms with van der Waals surface area (Å²) < 4.78 is 2.36. The van der Waals surface area contributed by atoms with E-state index in [9.17, 15) is 0 Å². The number of para-hydroxylation sites is 2. The highest BCUT2D eigenvalue weighted by Gasteiger charge is 2.14. The maximum absolute atomic E-state index is 5.22. The third kappa shape index (κ3) is 3.26. The molecule has 0 unspecified atom stereocenters. The molecule has 9 aromatic rings. The Bertz CT molecular complexity index is 2400. The number of aromatic nitrogens is 3. The maximum atomic E-state index is 5.22. The molecule has 0 saturated heterocycles. The molecule has 2 aromatic heterocycles. The van der Waals surface area contributed by atoms with Crippen molar-refractivity contribution in [2.75, 3.05) is 0 Å². The first-order valence-electron chi connectivity index (χ1n) is 13.9. The predicted molar refractivity (Wildman–Crippen MR) is 172 cm³/mol. The first-order chi connectivity index (χ1) is 20.3. The fraction of sp³-hybridized carbons (Fsp3) is 0. The van der Waals surface area contributed by atoms with E-state index in [-0.39, 0.29) is 0 Å². The van der Waals surface area contributed by atoms with Gasteiger partial charge in [-0.1, -0.05) is 103 Å². The van der Waals surface area contributed by atoms with Crippen molar-refractivity contribution in [2.24, 2.45) is 0 Å². The average Bonchev–Trinajstić information content (AvgIpc) is 3.38. The minimum absolute atomic E-state index is 0.877. The Labute approximate surface area is 235 Å². The molecular weight excluding hydrogens is 498 g/mol. The topological polar surface area (TPSA) is 30.7 Å². The van der Waals surface area contributed by atoms with Gasteiger partial charge in [-0.15, -0.1) is 0 Å². The number of fused-ring (bicyclic) bond motifs is 10. The summed E-state index contributed by atoms with van der Waals surface area (Å²) in [5.74, 6) is 0. The fourth-order valence-electron chi connectivity index (χ4n) is 6.50. The minimum atomic E-state index is 0.877. The van der Waals surface area contributed by atoms with Crippen LogP contribution in [0.25, 0.3) is 82.1 Å². The maximum Gasteiger partial charge on any atom is 0.0979 e. The van der Waals surface area contributed by atoms with Gasteiger partial charge in [0.1, 0.15) is 0 Å². The normalized spacial score (nSPS) is 11.9. The van der Waals surface area contributed by atoms with Crippen LogP contribution in [0, 0.1) is 0 Å². The molecule has 0 radical (unpaired) electrons. The number of benzene rings is 7. The van der Waals surface area contributed by atoms with Crippen LogP contribution in [0.15, 0.2) is 140 Å². The van der Waals surface area contributed by atoms with E-state index >= 15 is 0 Å². The quantitative estimate of drug-likeness (QED) is 0.212. The van der Waals surface area contributed by atoms with Gasteiger partial charge in [-0.3, -0.25) is 4.98 Å². The summed E-state index contributed by atoms with van der Waals surface area (Å²) in [5.41, 5.74) is 7.39. The molecule has 0 atom stereocenters. The monoisotopic (exact) mass is 521 g/mol. The van der Waals surface area contributed by atoms with Gasteiger partial charge in [0.25, 0.3) is 0 Å². The molecule has 0 spiro atoms. The number of rotatable bonds is 2. The molecular formula is C38H23N3. The van der Waals surface area contributed by atoms with Crippen molar-refractivity contribution in [3.8, 4) is 16.9 Å². The van der Waals surface area contributed by atoms with Gasteiger partial charge >= 0.3 is 0 Å². The summed E-state index contributed by atoms with van der Waals surface area (Å²) in [5, 5.41) is 9.58. The largest absolute Gasteiger partial charge is 0.309 e. The van der Waals surface area contributed by atoms with Gasteiger partial charge < -0.3 is 4.57 Å². The number of hydrogen-bond acceptors (Lipinski definition) is 2. The van der Waals surface area contributed by atoms with Gasteiger partial charge in [0.15, 0.2) is 0 Å². The second kappa shape index (κ2) is 8.48. The third-order valence-electron chi connectivity index (χ3n) is 8.38. The van der Waals surface area contributed by atoms with Crippen molar-refractivity contribution in [3.05, 3.63) is 140 Å². The van der Waals surface area contributed by atoms with Crippen LogP contribution in [0.1, 0.15) is 0 Å². The Morgan fingerprint density at radius 1 is 0.439 bits per heavy atom. The lowest BCUT2D eigenvalue weighted by Gasteiger charge is -2.12. The molecule has 0 aliphatic carbocycles. The fourth-order valence-corrected chi connectivity index (χ4v) is 6.50. The second-order valence-electron chi connectivity index (χ2n) is 10.7. The molecule has 7 aromatic carbocycles. The zero-order valence-electron chi connectivity index (χ0n) is 22.1. The van der Waals surface area contributed by atoms with E-state index in [1.807, 2.05) is 6.20 Å². The highest BCUT2D eigenvalue weighted by atomic mass is 15.0. The predicted octanol–water partition coefficient (Wildman–Crippen LogP) is 9.85. The summed E-state index contributed by atoms with van der Waals surface area (Å²) in [6.07, 6.45) is 1.92. The van der Waals surface area contributed by atoms with E-state index in [0.29, 0.717) is 0 Å². The van der Waals surface area contributed by atoms with E-state index in [2.05, 4.69) is 138 Å². The first kappa shape index (κ1) is 22.3. The van der Waals surface area contributed by atoms with Gasteiger partial charge in [0.2, 0.25) is 0 Å². The average molecular weight is 522 g/mol. The Kier molecular flexibility index (Phi) is 4.61. The highest BCUT2D eigenvalue weighted by Crippen LogP contribution is 2.36. The van der Waals surface area contributed by atoms with Gasteiger partial charge in [-0.05, 0) is 51.9 Å². The molecule has 190 valence electrons. The van der Waals surface area contributed by atoms with E-state index in [1.54, 1.807) is 0 Å². The van der Waals surface area contributed by atoms with Gasteiger partial charge in [-0.2, -0.15) is 0 Å². The first-order valence-corrected chi connectivity index (χ1v) is 13.9. The summed E-state index contributed by atoms with van der Waals surface area (Å²) in [7, 11) is 0. The van der Waals surface area contributed by atoms with Crippen molar-refractivity contribution >= 4 is 65.2 Å². The Hall–Kier alpha value is -5.54. The number of hydrogen-bond donors (Lipinski definition) is 0. The summed E-state index contributed by atoms with van der Waals surface area (Å²) in [6.45, 7) is 0. The Morgan fingerprint density at radius 2 is 1.00 bits per heavy atom. The van der Waals surface area contributed by atoms with Crippen molar-refractivity contribution in [1.29, 1.82) is 0 Å². The Balaban J connectivity index is 1.25. The molecule has 0 aliphatic heterocycles. The van der Waals surface area contributed by atoms with E-state index in [0.717, 1.165) is 38.8 Å². The summed E-state index contributed by atoms with van der Waals surface area (Å²) >= 11 is 0. The minimum Gasteiger partial charge on any atom is -0.309 e. The number of nitrogens with zero attached hydrogens (tertiary/aromatic N) is 3.